The van der Waals surface area contributed by atoms with Crippen LogP contribution in [0, 0.1) is 20.8 Å². The summed E-state index contributed by atoms with van der Waals surface area (Å²) < 4.78 is 5.98. The first-order valence-corrected chi connectivity index (χ1v) is 15.5. The molecule has 3 aromatic carbocycles. The van der Waals surface area contributed by atoms with Gasteiger partial charge < -0.3 is 24.8 Å². The fourth-order valence-corrected chi connectivity index (χ4v) is 11.1. The van der Waals surface area contributed by atoms with E-state index in [1.54, 1.807) is 0 Å². The Morgan fingerprint density at radius 2 is 1.21 bits per heavy atom. The van der Waals surface area contributed by atoms with Crippen LogP contribution in [0.4, 0.5) is 0 Å². The van der Waals surface area contributed by atoms with Gasteiger partial charge in [0.15, 0.2) is 0 Å². The maximum Gasteiger partial charge on any atom is -1.00 e. The van der Waals surface area contributed by atoms with E-state index < -0.39 is 23.2 Å². The van der Waals surface area contributed by atoms with E-state index in [0.29, 0.717) is 7.25 Å². The van der Waals surface area contributed by atoms with Crippen LogP contribution in [0.25, 0.3) is 34.4 Å². The predicted octanol–water partition coefficient (Wildman–Crippen LogP) is 2.26. The fourth-order valence-electron chi connectivity index (χ4n) is 6.19. The molecule has 2 atom stereocenters. The molecule has 0 saturated heterocycles. The zero-order valence-corrected chi connectivity index (χ0v) is 25.6. The van der Waals surface area contributed by atoms with Crippen LogP contribution in [0.15, 0.2) is 91.1 Å². The molecule has 7 rings (SSSR count). The van der Waals surface area contributed by atoms with Gasteiger partial charge in [0.25, 0.3) is 0 Å². The number of nitrogens with zero attached hydrogens (tertiary/aromatic N) is 2. The number of fused-ring (bicyclic) bond motifs is 3. The predicted molar refractivity (Wildman–Crippen MR) is 147 cm³/mol. The Bertz CT molecular complexity index is 1720. The van der Waals surface area contributed by atoms with Crippen molar-refractivity contribution in [2.75, 3.05) is 0 Å². The van der Waals surface area contributed by atoms with Crippen molar-refractivity contribution in [3.8, 4) is 0 Å². The molecule has 5 heteroatoms. The molecule has 0 spiro atoms. The van der Waals surface area contributed by atoms with Crippen molar-refractivity contribution in [3.05, 3.63) is 130 Å². The Labute approximate surface area is 248 Å². The third kappa shape index (κ3) is 4.30. The summed E-state index contributed by atoms with van der Waals surface area (Å²) in [6.45, 7) is 6.70. The smallest absolute Gasteiger partial charge is 1.00 e. The SMILES string of the molecule is Cc1cc(C)n(C2=Cc3ccccc3[CH]2[Zr+2][CH]2C(n3c(C)cc4ccccc43)=Cc3ccccc32)c1.[Cl-].[Cl-]. The molecule has 38 heavy (non-hydrogen) atoms. The molecule has 0 fully saturated rings. The fraction of sp³-hybridized carbons (Fsp3) is 0.152. The van der Waals surface area contributed by atoms with Gasteiger partial charge in [0, 0.05) is 0 Å². The number of hydrogen-bond acceptors (Lipinski definition) is 0. The number of benzene rings is 3. The normalized spacial score (nSPS) is 17.1. The summed E-state index contributed by atoms with van der Waals surface area (Å²) in [6, 6.07) is 31.6. The maximum atomic E-state index is 2.54. The molecule has 0 radical (unpaired) electrons. The number of rotatable bonds is 4. The first-order chi connectivity index (χ1) is 17.6. The summed E-state index contributed by atoms with van der Waals surface area (Å²) in [5.74, 6) is 0. The van der Waals surface area contributed by atoms with Gasteiger partial charge in [-0.15, -0.1) is 0 Å². The molecular weight excluding hydrogens is 587 g/mol. The second-order valence-electron chi connectivity index (χ2n) is 10.1. The van der Waals surface area contributed by atoms with Crippen molar-refractivity contribution in [1.29, 1.82) is 0 Å². The van der Waals surface area contributed by atoms with E-state index in [4.69, 9.17) is 0 Å². The molecule has 2 unspecified atom stereocenters. The standard InChI is InChI=1S/C18H14N.C15H14N.2ClH.Zr/c1-13-10-16-8-4-5-9-18(16)19(13)17-11-14-6-2-3-7-15(14)12-17;1-11-7-12(2)16(10-11)15-8-13-5-3-4-6-14(13)9-15;;;/h2-12H,1H3;3-10H,1-2H3;2*1H;/q;;;;+2/p-2. The van der Waals surface area contributed by atoms with Gasteiger partial charge in [0.2, 0.25) is 0 Å². The molecule has 5 aromatic rings. The molecular formula is C33H28Cl2N2Zr. The average Bonchev–Trinajstić information content (AvgIpc) is 3.61. The quantitative estimate of drug-likeness (QED) is 0.294. The Morgan fingerprint density at radius 3 is 1.87 bits per heavy atom. The summed E-state index contributed by atoms with van der Waals surface area (Å²) in [5, 5.41) is 1.32. The van der Waals surface area contributed by atoms with Gasteiger partial charge >= 0.3 is 225 Å². The van der Waals surface area contributed by atoms with Gasteiger partial charge in [0.05, 0.1) is 0 Å². The minimum absolute atomic E-state index is 0. The average molecular weight is 615 g/mol. The largest absolute Gasteiger partial charge is 1.00 e. The third-order valence-electron chi connectivity index (χ3n) is 7.73. The Hall–Kier alpha value is -2.58. The van der Waals surface area contributed by atoms with E-state index in [2.05, 4.69) is 133 Å². The van der Waals surface area contributed by atoms with Crippen molar-refractivity contribution in [2.24, 2.45) is 0 Å². The minimum atomic E-state index is -1.07. The summed E-state index contributed by atoms with van der Waals surface area (Å²) in [7, 11) is 0. The van der Waals surface area contributed by atoms with Crippen LogP contribution in [0.2, 0.25) is 0 Å². The molecule has 2 aliphatic carbocycles. The van der Waals surface area contributed by atoms with Crippen LogP contribution in [-0.4, -0.2) is 9.13 Å². The van der Waals surface area contributed by atoms with Crippen LogP contribution in [-0.2, 0) is 23.2 Å². The first kappa shape index (κ1) is 27.0. The van der Waals surface area contributed by atoms with Crippen LogP contribution >= 0.6 is 0 Å². The monoisotopic (exact) mass is 612 g/mol. The van der Waals surface area contributed by atoms with E-state index in [0.717, 1.165) is 0 Å². The number of aryl methyl sites for hydroxylation is 3. The molecule has 0 bridgehead atoms. The van der Waals surface area contributed by atoms with Gasteiger partial charge in [-0.1, -0.05) is 0 Å². The van der Waals surface area contributed by atoms with Crippen molar-refractivity contribution >= 4 is 34.4 Å². The molecule has 0 N–H and O–H groups in total. The third-order valence-corrected chi connectivity index (χ3v) is 12.3. The van der Waals surface area contributed by atoms with Crippen LogP contribution in [0.5, 0.6) is 0 Å². The molecule has 0 aliphatic heterocycles. The molecule has 2 heterocycles. The van der Waals surface area contributed by atoms with E-state index in [1.807, 2.05) is 0 Å². The maximum absolute atomic E-state index is 2.54. The van der Waals surface area contributed by atoms with Gasteiger partial charge in [-0.2, -0.15) is 0 Å². The number of para-hydroxylation sites is 1. The van der Waals surface area contributed by atoms with Crippen molar-refractivity contribution < 1.29 is 48.0 Å². The summed E-state index contributed by atoms with van der Waals surface area (Å²) in [5.41, 5.74) is 14.0. The number of hydrogen-bond donors (Lipinski definition) is 0. The Kier molecular flexibility index (Phi) is 7.49. The molecule has 2 aromatic heterocycles. The zero-order valence-electron chi connectivity index (χ0n) is 21.6. The molecule has 0 saturated carbocycles. The second-order valence-corrected chi connectivity index (χ2v) is 13.8. The molecule has 2 aliphatic rings. The summed E-state index contributed by atoms with van der Waals surface area (Å²) >= 11 is -1.07. The van der Waals surface area contributed by atoms with Crippen LogP contribution in [0.1, 0.15) is 46.5 Å². The van der Waals surface area contributed by atoms with Crippen molar-refractivity contribution in [2.45, 2.75) is 28.0 Å². The summed E-state index contributed by atoms with van der Waals surface area (Å²) in [4.78, 5) is 0. The topological polar surface area (TPSA) is 9.86 Å². The van der Waals surface area contributed by atoms with Crippen LogP contribution < -0.4 is 24.8 Å². The van der Waals surface area contributed by atoms with Gasteiger partial charge in [0.1, 0.15) is 0 Å². The van der Waals surface area contributed by atoms with Gasteiger partial charge in [-0.25, -0.2) is 0 Å². The zero-order chi connectivity index (χ0) is 24.4. The summed E-state index contributed by atoms with van der Waals surface area (Å²) in [6.07, 6.45) is 7.24. The van der Waals surface area contributed by atoms with E-state index in [9.17, 15) is 0 Å². The van der Waals surface area contributed by atoms with Gasteiger partial charge in [-0.05, 0) is 0 Å². The Morgan fingerprint density at radius 1 is 0.632 bits per heavy atom. The number of aromatic nitrogens is 2. The first-order valence-electron chi connectivity index (χ1n) is 12.7. The van der Waals surface area contributed by atoms with Crippen molar-refractivity contribution in [1.82, 2.24) is 9.13 Å². The van der Waals surface area contributed by atoms with E-state index in [1.165, 1.54) is 61.5 Å². The Balaban J connectivity index is 0.00000147. The number of halogens is 2. The van der Waals surface area contributed by atoms with Crippen LogP contribution in [0.3, 0.4) is 0 Å². The van der Waals surface area contributed by atoms with Crippen molar-refractivity contribution in [3.63, 3.8) is 0 Å². The van der Waals surface area contributed by atoms with E-state index in [-0.39, 0.29) is 24.8 Å². The molecule has 2 nitrogen and oxygen atoms in total. The molecule has 188 valence electrons. The molecule has 0 amide bonds. The minimum Gasteiger partial charge on any atom is -1.00 e. The second kappa shape index (κ2) is 10.5. The van der Waals surface area contributed by atoms with Gasteiger partial charge in [-0.3, -0.25) is 0 Å². The number of allylic oxidation sites excluding steroid dienone is 2. The van der Waals surface area contributed by atoms with E-state index >= 15 is 0 Å².